The van der Waals surface area contributed by atoms with Crippen molar-refractivity contribution in [3.63, 3.8) is 0 Å². The molecule has 2 amide bonds. The van der Waals surface area contributed by atoms with Gasteiger partial charge in [0.05, 0.1) is 11.7 Å². The minimum atomic E-state index is -0.940. The van der Waals surface area contributed by atoms with Crippen LogP contribution in [-0.2, 0) is 25.7 Å². The number of benzene rings is 1. The summed E-state index contributed by atoms with van der Waals surface area (Å²) >= 11 is 0. The number of rotatable bonds is 4. The van der Waals surface area contributed by atoms with E-state index >= 15 is 0 Å². The van der Waals surface area contributed by atoms with Gasteiger partial charge in [0, 0.05) is 38.1 Å². The number of ketones is 1. The Morgan fingerprint density at radius 3 is 2.62 bits per heavy atom. The van der Waals surface area contributed by atoms with Crippen LogP contribution in [0.3, 0.4) is 0 Å². The van der Waals surface area contributed by atoms with Gasteiger partial charge in [-0.05, 0) is 36.1 Å². The van der Waals surface area contributed by atoms with E-state index in [1.54, 1.807) is 11.0 Å². The van der Waals surface area contributed by atoms with Gasteiger partial charge in [-0.25, -0.2) is 4.39 Å². The quantitative estimate of drug-likeness (QED) is 0.411. The number of aldehydes is 1. The Morgan fingerprint density at radius 1 is 1.21 bits per heavy atom. The molecule has 0 radical (unpaired) electrons. The molecule has 29 heavy (non-hydrogen) atoms. The molecular weight excluding hydrogens is 379 g/mol. The first-order valence-corrected chi connectivity index (χ1v) is 9.87. The number of imide groups is 1. The smallest absolute Gasteiger partial charge is 0.243 e. The van der Waals surface area contributed by atoms with E-state index in [1.807, 2.05) is 4.90 Å². The highest BCUT2D eigenvalue weighted by Crippen LogP contribution is 2.43. The number of nitrogens with zero attached hydrogens (tertiary/aromatic N) is 2. The molecule has 4 unspecified atom stereocenters. The Balaban J connectivity index is 1.52. The number of carbonyl (C=O) groups excluding carboxylic acids is 4. The monoisotopic (exact) mass is 400 g/mol. The Bertz CT molecular complexity index is 921. The average molecular weight is 400 g/mol. The van der Waals surface area contributed by atoms with Crippen LogP contribution in [0.5, 0.6) is 0 Å². The summed E-state index contributed by atoms with van der Waals surface area (Å²) in [5.74, 6) is -1.87. The number of amides is 2. The molecule has 5 rings (SSSR count). The maximum atomic E-state index is 15.0. The highest BCUT2D eigenvalue weighted by molar-refractivity contribution is 6.27. The van der Waals surface area contributed by atoms with Crippen molar-refractivity contribution in [3.05, 3.63) is 29.1 Å². The highest BCUT2D eigenvalue weighted by atomic mass is 19.1. The van der Waals surface area contributed by atoms with E-state index in [4.69, 9.17) is 0 Å². The van der Waals surface area contributed by atoms with Crippen molar-refractivity contribution in [2.45, 2.75) is 50.0 Å². The first-order chi connectivity index (χ1) is 14.0. The van der Waals surface area contributed by atoms with Crippen LogP contribution in [0.15, 0.2) is 12.1 Å². The topological polar surface area (TPSA) is 98.8 Å². The van der Waals surface area contributed by atoms with E-state index in [0.29, 0.717) is 16.8 Å². The van der Waals surface area contributed by atoms with Crippen LogP contribution in [0.2, 0.25) is 0 Å². The molecule has 0 aliphatic carbocycles. The SMILES string of the molecule is O=CC(=O)C1c2cc(N3C4CNCC3C4)c(F)cc2CN1C1CCC(=O)NC1=O. The van der Waals surface area contributed by atoms with Gasteiger partial charge in [0.15, 0.2) is 6.29 Å². The van der Waals surface area contributed by atoms with Crippen molar-refractivity contribution in [2.24, 2.45) is 0 Å². The fourth-order valence-electron chi connectivity index (χ4n) is 5.22. The molecule has 9 heteroatoms. The van der Waals surface area contributed by atoms with E-state index in [9.17, 15) is 23.6 Å². The van der Waals surface area contributed by atoms with Gasteiger partial charge < -0.3 is 10.2 Å². The van der Waals surface area contributed by atoms with Crippen LogP contribution in [0.1, 0.15) is 36.4 Å². The predicted octanol–water partition coefficient (Wildman–Crippen LogP) is -0.194. The molecule has 2 N–H and O–H groups in total. The first kappa shape index (κ1) is 18.4. The van der Waals surface area contributed by atoms with Crippen molar-refractivity contribution < 1.29 is 23.6 Å². The van der Waals surface area contributed by atoms with Crippen LogP contribution < -0.4 is 15.5 Å². The number of halogens is 1. The van der Waals surface area contributed by atoms with E-state index in [0.717, 1.165) is 19.5 Å². The predicted molar refractivity (Wildman–Crippen MR) is 99.5 cm³/mol. The second-order valence-corrected chi connectivity index (χ2v) is 8.17. The Labute approximate surface area is 166 Å². The number of piperazine rings is 1. The second kappa shape index (κ2) is 6.70. The van der Waals surface area contributed by atoms with Crippen LogP contribution in [0.25, 0.3) is 0 Å². The summed E-state index contributed by atoms with van der Waals surface area (Å²) in [6.07, 6.45) is 1.68. The number of nitrogens with one attached hydrogen (secondary N) is 2. The summed E-state index contributed by atoms with van der Waals surface area (Å²) in [5.41, 5.74) is 1.61. The van der Waals surface area contributed by atoms with Gasteiger partial charge >= 0.3 is 0 Å². The van der Waals surface area contributed by atoms with Crippen LogP contribution in [0.4, 0.5) is 10.1 Å². The first-order valence-electron chi connectivity index (χ1n) is 9.87. The number of piperidine rings is 2. The van der Waals surface area contributed by atoms with Gasteiger partial charge in [-0.2, -0.15) is 0 Å². The number of carbonyl (C=O) groups is 4. The lowest BCUT2D eigenvalue weighted by Gasteiger charge is -2.54. The van der Waals surface area contributed by atoms with E-state index in [2.05, 4.69) is 10.6 Å². The van der Waals surface area contributed by atoms with Crippen molar-refractivity contribution in [1.82, 2.24) is 15.5 Å². The number of hydrogen-bond acceptors (Lipinski definition) is 7. The minimum absolute atomic E-state index is 0.162. The summed E-state index contributed by atoms with van der Waals surface area (Å²) in [4.78, 5) is 51.4. The zero-order chi connectivity index (χ0) is 20.3. The molecule has 152 valence electrons. The van der Waals surface area contributed by atoms with Gasteiger partial charge in [-0.1, -0.05) is 0 Å². The van der Waals surface area contributed by atoms with Gasteiger partial charge in [0.25, 0.3) is 0 Å². The molecule has 0 spiro atoms. The van der Waals surface area contributed by atoms with Gasteiger partial charge in [0.1, 0.15) is 11.9 Å². The third-order valence-electron chi connectivity index (χ3n) is 6.55. The van der Waals surface area contributed by atoms with Crippen molar-refractivity contribution in [1.29, 1.82) is 0 Å². The fourth-order valence-corrected chi connectivity index (χ4v) is 5.22. The van der Waals surface area contributed by atoms with Gasteiger partial charge in [-0.3, -0.25) is 29.4 Å². The highest BCUT2D eigenvalue weighted by Gasteiger charge is 2.46. The van der Waals surface area contributed by atoms with E-state index in [-0.39, 0.29) is 49.5 Å². The molecule has 4 heterocycles. The maximum absolute atomic E-state index is 15.0. The summed E-state index contributed by atoms with van der Waals surface area (Å²) in [6.45, 7) is 1.75. The normalized spacial score (nSPS) is 31.1. The number of fused-ring (bicyclic) bond motifs is 3. The van der Waals surface area contributed by atoms with Crippen LogP contribution >= 0.6 is 0 Å². The molecule has 0 saturated carbocycles. The molecule has 0 aromatic heterocycles. The molecule has 8 nitrogen and oxygen atoms in total. The summed E-state index contributed by atoms with van der Waals surface area (Å²) in [6, 6.07) is 1.87. The van der Waals surface area contributed by atoms with Gasteiger partial charge in [-0.15, -0.1) is 0 Å². The standard InChI is InChI=1S/C20H21FN4O4/c21-14-3-10-8-24(15-1-2-18(28)23-20(15)29)19(17(27)9-26)13(10)5-16(14)25-11-4-12(25)7-22-6-11/h3,5,9,11-12,15,19,22H,1-2,4,6-8H2,(H,23,28,29). The van der Waals surface area contributed by atoms with E-state index < -0.39 is 23.8 Å². The molecule has 3 fully saturated rings. The lowest BCUT2D eigenvalue weighted by atomic mass is 9.87. The minimum Gasteiger partial charge on any atom is -0.360 e. The Hall–Kier alpha value is -2.65. The molecule has 4 atom stereocenters. The second-order valence-electron chi connectivity index (χ2n) is 8.17. The molecule has 1 aromatic carbocycles. The molecule has 4 aliphatic heterocycles. The average Bonchev–Trinajstić information content (AvgIpc) is 3.06. The molecule has 4 aliphatic rings. The zero-order valence-corrected chi connectivity index (χ0v) is 15.7. The summed E-state index contributed by atoms with van der Waals surface area (Å²) in [5, 5.41) is 5.59. The summed E-state index contributed by atoms with van der Waals surface area (Å²) < 4.78 is 15.0. The Morgan fingerprint density at radius 2 is 1.97 bits per heavy atom. The van der Waals surface area contributed by atoms with Crippen LogP contribution in [0, 0.1) is 5.82 Å². The third kappa shape index (κ3) is 2.79. The number of hydrogen-bond donors (Lipinski definition) is 2. The maximum Gasteiger partial charge on any atom is 0.243 e. The number of Topliss-reactive ketones (excluding diaryl/α,β-unsaturated/α-hetero) is 1. The van der Waals surface area contributed by atoms with Crippen molar-refractivity contribution in [3.8, 4) is 0 Å². The van der Waals surface area contributed by atoms with Crippen molar-refractivity contribution >= 4 is 29.6 Å². The number of anilines is 1. The lowest BCUT2D eigenvalue weighted by Crippen LogP contribution is -2.68. The fraction of sp³-hybridized carbons (Fsp3) is 0.500. The van der Waals surface area contributed by atoms with E-state index in [1.165, 1.54) is 6.07 Å². The molecule has 2 bridgehead atoms. The van der Waals surface area contributed by atoms with Crippen molar-refractivity contribution in [2.75, 3.05) is 18.0 Å². The molecule has 3 saturated heterocycles. The summed E-state index contributed by atoms with van der Waals surface area (Å²) in [7, 11) is 0. The molecule has 1 aromatic rings. The molecular formula is C20H21FN4O4. The van der Waals surface area contributed by atoms with Crippen LogP contribution in [-0.4, -0.2) is 60.0 Å². The third-order valence-corrected chi connectivity index (χ3v) is 6.55. The largest absolute Gasteiger partial charge is 0.360 e. The zero-order valence-electron chi connectivity index (χ0n) is 15.7. The van der Waals surface area contributed by atoms with Gasteiger partial charge in [0.2, 0.25) is 17.6 Å². The Kier molecular flexibility index (Phi) is 4.25. The lowest BCUT2D eigenvalue weighted by molar-refractivity contribution is -0.141.